The van der Waals surface area contributed by atoms with Gasteiger partial charge in [-0.2, -0.15) is 0 Å². The standard InChI is InChI=1S/C19H30N2O2.ClH/c1-19(2,3)17(20)18(22)21-11-9-14(10-12-21)13-15-7-5-6-8-16(15)23-4;/h5-8,14,17H,9-13,20H2,1-4H3;1H/t17-;/m1./s1. The van der Waals surface area contributed by atoms with Crippen molar-refractivity contribution in [2.45, 2.75) is 46.1 Å². The van der Waals surface area contributed by atoms with E-state index in [-0.39, 0.29) is 23.7 Å². The number of amides is 1. The summed E-state index contributed by atoms with van der Waals surface area (Å²) in [5.74, 6) is 1.65. The van der Waals surface area contributed by atoms with Gasteiger partial charge in [0.15, 0.2) is 0 Å². The molecule has 1 aromatic carbocycles. The van der Waals surface area contributed by atoms with Gasteiger partial charge in [0.05, 0.1) is 13.2 Å². The summed E-state index contributed by atoms with van der Waals surface area (Å²) in [5, 5.41) is 0. The van der Waals surface area contributed by atoms with Crippen LogP contribution in [0.3, 0.4) is 0 Å². The molecule has 0 spiro atoms. The number of hydrogen-bond donors (Lipinski definition) is 1. The number of halogens is 1. The van der Waals surface area contributed by atoms with Gasteiger partial charge in [-0.3, -0.25) is 4.79 Å². The molecule has 1 saturated heterocycles. The van der Waals surface area contributed by atoms with Gasteiger partial charge < -0.3 is 15.4 Å². The fraction of sp³-hybridized carbons (Fsp3) is 0.632. The fourth-order valence-electron chi connectivity index (χ4n) is 3.11. The zero-order chi connectivity index (χ0) is 17.0. The summed E-state index contributed by atoms with van der Waals surface area (Å²) in [5.41, 5.74) is 7.18. The average Bonchev–Trinajstić information content (AvgIpc) is 2.54. The van der Waals surface area contributed by atoms with Crippen molar-refractivity contribution >= 4 is 18.3 Å². The minimum absolute atomic E-state index is 0. The Morgan fingerprint density at radius 3 is 2.42 bits per heavy atom. The molecule has 136 valence electrons. The van der Waals surface area contributed by atoms with Crippen molar-refractivity contribution in [2.24, 2.45) is 17.1 Å². The lowest BCUT2D eigenvalue weighted by Crippen LogP contribution is -2.52. The van der Waals surface area contributed by atoms with E-state index in [0.29, 0.717) is 5.92 Å². The van der Waals surface area contributed by atoms with Crippen LogP contribution in [0.15, 0.2) is 24.3 Å². The van der Waals surface area contributed by atoms with Crippen LogP contribution < -0.4 is 10.5 Å². The Labute approximate surface area is 152 Å². The van der Waals surface area contributed by atoms with Gasteiger partial charge in [0.1, 0.15) is 5.75 Å². The zero-order valence-corrected chi connectivity index (χ0v) is 16.1. The minimum atomic E-state index is -0.423. The largest absolute Gasteiger partial charge is 0.496 e. The summed E-state index contributed by atoms with van der Waals surface area (Å²) in [6, 6.07) is 7.77. The van der Waals surface area contributed by atoms with E-state index in [1.807, 2.05) is 37.8 Å². The smallest absolute Gasteiger partial charge is 0.240 e. The third kappa shape index (κ3) is 5.12. The van der Waals surface area contributed by atoms with Gasteiger partial charge >= 0.3 is 0 Å². The van der Waals surface area contributed by atoms with Crippen molar-refractivity contribution in [1.29, 1.82) is 0 Å². The van der Waals surface area contributed by atoms with Gasteiger partial charge in [0.25, 0.3) is 0 Å². The van der Waals surface area contributed by atoms with Gasteiger partial charge in [0.2, 0.25) is 5.91 Å². The van der Waals surface area contributed by atoms with E-state index in [1.54, 1.807) is 7.11 Å². The Hall–Kier alpha value is -1.26. The van der Waals surface area contributed by atoms with Crippen molar-refractivity contribution in [3.63, 3.8) is 0 Å². The molecule has 2 rings (SSSR count). The number of likely N-dealkylation sites (tertiary alicyclic amines) is 1. The first-order valence-corrected chi connectivity index (χ1v) is 8.49. The lowest BCUT2D eigenvalue weighted by atomic mass is 9.85. The van der Waals surface area contributed by atoms with E-state index in [9.17, 15) is 4.79 Å². The molecular weight excluding hydrogens is 324 g/mol. The number of para-hydroxylation sites is 1. The summed E-state index contributed by atoms with van der Waals surface area (Å²) in [4.78, 5) is 14.4. The molecule has 5 heteroatoms. The Morgan fingerprint density at radius 2 is 1.88 bits per heavy atom. The number of rotatable bonds is 4. The molecule has 1 aromatic rings. The van der Waals surface area contributed by atoms with Crippen molar-refractivity contribution in [3.05, 3.63) is 29.8 Å². The number of nitrogens with zero attached hydrogens (tertiary/aromatic N) is 1. The molecule has 0 aliphatic carbocycles. The van der Waals surface area contributed by atoms with Crippen LogP contribution in [0.4, 0.5) is 0 Å². The summed E-state index contributed by atoms with van der Waals surface area (Å²) in [6.45, 7) is 7.67. The normalized spacial score (nSPS) is 17.1. The molecule has 0 saturated carbocycles. The highest BCUT2D eigenvalue weighted by molar-refractivity contribution is 5.85. The van der Waals surface area contributed by atoms with Crippen LogP contribution in [0.1, 0.15) is 39.2 Å². The first-order chi connectivity index (χ1) is 10.8. The van der Waals surface area contributed by atoms with E-state index >= 15 is 0 Å². The highest BCUT2D eigenvalue weighted by Gasteiger charge is 2.33. The lowest BCUT2D eigenvalue weighted by molar-refractivity contribution is -0.136. The molecule has 4 nitrogen and oxygen atoms in total. The minimum Gasteiger partial charge on any atom is -0.496 e. The molecule has 1 heterocycles. The third-order valence-electron chi connectivity index (χ3n) is 4.83. The molecule has 0 bridgehead atoms. The maximum Gasteiger partial charge on any atom is 0.240 e. The Balaban J connectivity index is 0.00000288. The number of benzene rings is 1. The maximum absolute atomic E-state index is 12.5. The molecule has 0 radical (unpaired) electrons. The molecule has 0 unspecified atom stereocenters. The van der Waals surface area contributed by atoms with Gasteiger partial charge in [-0.05, 0) is 42.2 Å². The first kappa shape index (κ1) is 20.8. The van der Waals surface area contributed by atoms with Crippen LogP contribution in [0.25, 0.3) is 0 Å². The highest BCUT2D eigenvalue weighted by Crippen LogP contribution is 2.28. The van der Waals surface area contributed by atoms with Crippen LogP contribution >= 0.6 is 12.4 Å². The van der Waals surface area contributed by atoms with Gasteiger partial charge in [-0.25, -0.2) is 0 Å². The van der Waals surface area contributed by atoms with Crippen molar-refractivity contribution in [2.75, 3.05) is 20.2 Å². The second kappa shape index (κ2) is 8.72. The number of ether oxygens (including phenoxy) is 1. The van der Waals surface area contributed by atoms with E-state index < -0.39 is 6.04 Å². The van der Waals surface area contributed by atoms with Crippen LogP contribution in [0, 0.1) is 11.3 Å². The molecule has 0 aromatic heterocycles. The summed E-state index contributed by atoms with van der Waals surface area (Å²) >= 11 is 0. The topological polar surface area (TPSA) is 55.6 Å². The van der Waals surface area contributed by atoms with Crippen LogP contribution in [0.2, 0.25) is 0 Å². The fourth-order valence-corrected chi connectivity index (χ4v) is 3.11. The second-order valence-electron chi connectivity index (χ2n) is 7.63. The highest BCUT2D eigenvalue weighted by atomic mass is 35.5. The monoisotopic (exact) mass is 354 g/mol. The van der Waals surface area contributed by atoms with Gasteiger partial charge in [-0.15, -0.1) is 12.4 Å². The summed E-state index contributed by atoms with van der Waals surface area (Å²) in [7, 11) is 1.72. The third-order valence-corrected chi connectivity index (χ3v) is 4.83. The van der Waals surface area contributed by atoms with E-state index in [0.717, 1.165) is 38.1 Å². The number of nitrogens with two attached hydrogens (primary N) is 1. The van der Waals surface area contributed by atoms with E-state index in [2.05, 4.69) is 12.1 Å². The molecule has 1 aliphatic heterocycles. The van der Waals surface area contributed by atoms with Gasteiger partial charge in [-0.1, -0.05) is 39.0 Å². The predicted molar refractivity (Wildman–Crippen MR) is 101 cm³/mol. The van der Waals surface area contributed by atoms with E-state index in [1.165, 1.54) is 5.56 Å². The zero-order valence-electron chi connectivity index (χ0n) is 15.2. The van der Waals surface area contributed by atoms with Crippen molar-refractivity contribution < 1.29 is 9.53 Å². The Kier molecular flexibility index (Phi) is 7.56. The lowest BCUT2D eigenvalue weighted by Gasteiger charge is -2.36. The summed E-state index contributed by atoms with van der Waals surface area (Å²) in [6.07, 6.45) is 3.07. The quantitative estimate of drug-likeness (QED) is 0.902. The van der Waals surface area contributed by atoms with Crippen LogP contribution in [-0.4, -0.2) is 37.0 Å². The number of carbonyl (C=O) groups is 1. The molecule has 1 amide bonds. The van der Waals surface area contributed by atoms with Gasteiger partial charge in [0, 0.05) is 13.1 Å². The summed E-state index contributed by atoms with van der Waals surface area (Å²) < 4.78 is 5.43. The number of piperidine rings is 1. The van der Waals surface area contributed by atoms with Crippen molar-refractivity contribution in [1.82, 2.24) is 4.90 Å². The number of methoxy groups -OCH3 is 1. The first-order valence-electron chi connectivity index (χ1n) is 8.49. The molecule has 1 atom stereocenters. The number of carbonyl (C=O) groups excluding carboxylic acids is 1. The molecule has 1 fully saturated rings. The molecule has 1 aliphatic rings. The van der Waals surface area contributed by atoms with E-state index in [4.69, 9.17) is 10.5 Å². The van der Waals surface area contributed by atoms with Crippen LogP contribution in [-0.2, 0) is 11.2 Å². The van der Waals surface area contributed by atoms with Crippen molar-refractivity contribution in [3.8, 4) is 5.75 Å². The molecular formula is C19H31ClN2O2. The van der Waals surface area contributed by atoms with Crippen LogP contribution in [0.5, 0.6) is 5.75 Å². The number of hydrogen-bond acceptors (Lipinski definition) is 3. The maximum atomic E-state index is 12.5. The second-order valence-corrected chi connectivity index (χ2v) is 7.63. The Morgan fingerprint density at radius 1 is 1.29 bits per heavy atom. The molecule has 24 heavy (non-hydrogen) atoms. The Bertz CT molecular complexity index is 534. The molecule has 2 N–H and O–H groups in total. The average molecular weight is 355 g/mol. The SMILES string of the molecule is COc1ccccc1CC1CCN(C(=O)[C@@H](N)C(C)(C)C)CC1.Cl. The predicted octanol–water partition coefficient (Wildman–Crippen LogP) is 3.27.